The minimum Gasteiger partial charge on any atom is -0.0620 e. The normalized spacial score (nSPS) is 42.6. The van der Waals surface area contributed by atoms with Crippen molar-refractivity contribution >= 4 is 0 Å². The molecule has 2 atom stereocenters. The van der Waals surface area contributed by atoms with Crippen molar-refractivity contribution in [2.24, 2.45) is 11.8 Å². The molecule has 72 valence electrons. The minimum absolute atomic E-state index is 0.925. The van der Waals surface area contributed by atoms with Crippen molar-refractivity contribution in [1.29, 1.82) is 0 Å². The Balaban J connectivity index is 1.96. The Kier molecular flexibility index (Phi) is 1.30. The highest BCUT2D eigenvalue weighted by Crippen LogP contribution is 2.61. The third-order valence-corrected chi connectivity index (χ3v) is 4.89. The lowest BCUT2D eigenvalue weighted by Gasteiger charge is -2.43. The second-order valence-corrected chi connectivity index (χ2v) is 5.42. The van der Waals surface area contributed by atoms with Gasteiger partial charge in [0.15, 0.2) is 0 Å². The molecule has 0 N–H and O–H groups in total. The highest BCUT2D eigenvalue weighted by molar-refractivity contribution is 5.40. The first-order chi connectivity index (χ1) is 6.93. The van der Waals surface area contributed by atoms with Gasteiger partial charge in [-0.25, -0.2) is 0 Å². The summed E-state index contributed by atoms with van der Waals surface area (Å²) in [7, 11) is 0. The lowest BCUT2D eigenvalue weighted by molar-refractivity contribution is 0.242. The van der Waals surface area contributed by atoms with Crippen molar-refractivity contribution < 1.29 is 0 Å². The molecule has 1 aromatic carbocycles. The van der Waals surface area contributed by atoms with Crippen LogP contribution < -0.4 is 0 Å². The molecular weight excluding hydrogens is 168 g/mol. The van der Waals surface area contributed by atoms with Gasteiger partial charge in [-0.15, -0.1) is 0 Å². The van der Waals surface area contributed by atoms with Crippen LogP contribution in [0.5, 0.6) is 0 Å². The van der Waals surface area contributed by atoms with Gasteiger partial charge in [0.2, 0.25) is 0 Å². The molecule has 4 bridgehead atoms. The van der Waals surface area contributed by atoms with Gasteiger partial charge in [-0.1, -0.05) is 24.3 Å². The minimum atomic E-state index is 0.925. The van der Waals surface area contributed by atoms with Gasteiger partial charge in [-0.2, -0.15) is 0 Å². The average molecular weight is 184 g/mol. The largest absolute Gasteiger partial charge is 0.0620 e. The van der Waals surface area contributed by atoms with Crippen molar-refractivity contribution in [3.63, 3.8) is 0 Å². The number of hydrogen-bond acceptors (Lipinski definition) is 0. The summed E-state index contributed by atoms with van der Waals surface area (Å²) in [5.41, 5.74) is 3.43. The molecule has 0 aliphatic heterocycles. The molecule has 0 heteroatoms. The third-order valence-electron chi connectivity index (χ3n) is 4.89. The summed E-state index contributed by atoms with van der Waals surface area (Å²) in [5, 5.41) is 0. The van der Waals surface area contributed by atoms with Gasteiger partial charge in [-0.05, 0) is 60.5 Å². The Hall–Kier alpha value is -0.780. The van der Waals surface area contributed by atoms with Crippen LogP contribution in [-0.2, 0) is 0 Å². The van der Waals surface area contributed by atoms with E-state index in [0.29, 0.717) is 0 Å². The zero-order chi connectivity index (χ0) is 9.12. The van der Waals surface area contributed by atoms with E-state index in [1.165, 1.54) is 25.7 Å². The zero-order valence-corrected chi connectivity index (χ0v) is 8.45. The Morgan fingerprint density at radius 1 is 0.857 bits per heavy atom. The predicted molar refractivity (Wildman–Crippen MR) is 57.4 cm³/mol. The van der Waals surface area contributed by atoms with Crippen LogP contribution >= 0.6 is 0 Å². The van der Waals surface area contributed by atoms with E-state index in [9.17, 15) is 0 Å². The van der Waals surface area contributed by atoms with Crippen LogP contribution in [0.25, 0.3) is 0 Å². The summed E-state index contributed by atoms with van der Waals surface area (Å²) in [6, 6.07) is 9.24. The maximum atomic E-state index is 2.40. The van der Waals surface area contributed by atoms with Crippen LogP contribution in [0, 0.1) is 11.8 Å². The topological polar surface area (TPSA) is 0 Å². The van der Waals surface area contributed by atoms with Crippen molar-refractivity contribution in [2.45, 2.75) is 37.5 Å². The molecule has 0 amide bonds. The molecule has 0 spiro atoms. The van der Waals surface area contributed by atoms with E-state index >= 15 is 0 Å². The summed E-state index contributed by atoms with van der Waals surface area (Å²) in [6.07, 6.45) is 6.02. The number of benzene rings is 1. The monoisotopic (exact) mass is 184 g/mol. The van der Waals surface area contributed by atoms with Crippen LogP contribution in [0.3, 0.4) is 0 Å². The van der Waals surface area contributed by atoms with E-state index in [1.807, 2.05) is 0 Å². The first-order valence-corrected chi connectivity index (χ1v) is 6.02. The Morgan fingerprint density at radius 2 is 1.50 bits per heavy atom. The molecular formula is C14H16. The molecule has 0 nitrogen and oxygen atoms in total. The van der Waals surface area contributed by atoms with E-state index in [4.69, 9.17) is 0 Å². The van der Waals surface area contributed by atoms with Gasteiger partial charge in [0.05, 0.1) is 0 Å². The lowest BCUT2D eigenvalue weighted by Crippen LogP contribution is -2.30. The van der Waals surface area contributed by atoms with Gasteiger partial charge in [0, 0.05) is 0 Å². The quantitative estimate of drug-likeness (QED) is 0.577. The fourth-order valence-corrected chi connectivity index (χ4v) is 4.48. The molecule has 14 heavy (non-hydrogen) atoms. The van der Waals surface area contributed by atoms with Crippen LogP contribution in [0.1, 0.15) is 48.6 Å². The van der Waals surface area contributed by atoms with Crippen LogP contribution in [0.2, 0.25) is 0 Å². The molecule has 0 radical (unpaired) electrons. The van der Waals surface area contributed by atoms with E-state index in [0.717, 1.165) is 23.7 Å². The second kappa shape index (κ2) is 2.42. The zero-order valence-electron chi connectivity index (χ0n) is 8.45. The maximum absolute atomic E-state index is 2.40. The highest BCUT2D eigenvalue weighted by Gasteiger charge is 2.48. The fraction of sp³-hybridized carbons (Fsp3) is 0.571. The van der Waals surface area contributed by atoms with Gasteiger partial charge in [0.25, 0.3) is 0 Å². The summed E-state index contributed by atoms with van der Waals surface area (Å²) in [4.78, 5) is 0. The first-order valence-electron chi connectivity index (χ1n) is 6.02. The highest BCUT2D eigenvalue weighted by atomic mass is 14.5. The Morgan fingerprint density at radius 3 is 2.21 bits per heavy atom. The molecule has 2 saturated carbocycles. The molecule has 4 aliphatic carbocycles. The average Bonchev–Trinajstić information content (AvgIpc) is 2.55. The van der Waals surface area contributed by atoms with E-state index in [2.05, 4.69) is 24.3 Å². The Bertz CT molecular complexity index is 365. The molecule has 0 aromatic heterocycles. The van der Waals surface area contributed by atoms with Gasteiger partial charge >= 0.3 is 0 Å². The third kappa shape index (κ3) is 0.762. The molecule has 0 heterocycles. The van der Waals surface area contributed by atoms with Crippen molar-refractivity contribution in [3.05, 3.63) is 35.4 Å². The fourth-order valence-electron chi connectivity index (χ4n) is 4.48. The van der Waals surface area contributed by atoms with Crippen molar-refractivity contribution in [1.82, 2.24) is 0 Å². The first kappa shape index (κ1) is 7.50. The van der Waals surface area contributed by atoms with Crippen molar-refractivity contribution in [2.75, 3.05) is 0 Å². The number of rotatable bonds is 0. The smallest absolute Gasteiger partial charge is 0.0102 e. The van der Waals surface area contributed by atoms with Crippen LogP contribution in [0.15, 0.2) is 24.3 Å². The molecule has 4 aliphatic rings. The van der Waals surface area contributed by atoms with Crippen LogP contribution in [0.4, 0.5) is 0 Å². The second-order valence-electron chi connectivity index (χ2n) is 5.42. The summed E-state index contributed by atoms with van der Waals surface area (Å²) in [5.74, 6) is 3.98. The van der Waals surface area contributed by atoms with Gasteiger partial charge < -0.3 is 0 Å². The summed E-state index contributed by atoms with van der Waals surface area (Å²) in [6.45, 7) is 0. The van der Waals surface area contributed by atoms with Gasteiger partial charge in [-0.3, -0.25) is 0 Å². The summed E-state index contributed by atoms with van der Waals surface area (Å²) < 4.78 is 0. The summed E-state index contributed by atoms with van der Waals surface area (Å²) >= 11 is 0. The van der Waals surface area contributed by atoms with Crippen molar-refractivity contribution in [3.8, 4) is 0 Å². The molecule has 2 unspecified atom stereocenters. The van der Waals surface area contributed by atoms with E-state index < -0.39 is 0 Å². The molecule has 0 saturated heterocycles. The van der Waals surface area contributed by atoms with E-state index in [1.54, 1.807) is 11.1 Å². The van der Waals surface area contributed by atoms with Crippen LogP contribution in [-0.4, -0.2) is 0 Å². The number of hydrogen-bond donors (Lipinski definition) is 0. The molecule has 1 aromatic rings. The molecule has 5 rings (SSSR count). The van der Waals surface area contributed by atoms with E-state index in [-0.39, 0.29) is 0 Å². The predicted octanol–water partition coefficient (Wildman–Crippen LogP) is 3.69. The lowest BCUT2D eigenvalue weighted by atomic mass is 9.61. The maximum Gasteiger partial charge on any atom is -0.0102 e. The van der Waals surface area contributed by atoms with Gasteiger partial charge in [0.1, 0.15) is 0 Å². The Labute approximate surface area is 85.3 Å². The SMILES string of the molecule is c1ccc2c(c1)C1CC3CCC(C1)C23. The molecule has 2 fully saturated rings. The standard InChI is InChI=1S/C14H16/c1-2-4-13-12(3-1)11-7-9-5-6-10(8-11)14(9)13/h1-4,9-11,14H,5-8H2.